The van der Waals surface area contributed by atoms with Gasteiger partial charge in [0.2, 0.25) is 0 Å². The van der Waals surface area contributed by atoms with Crippen molar-refractivity contribution in [1.29, 1.82) is 0 Å². The number of aliphatic hydroxyl groups is 1. The van der Waals surface area contributed by atoms with Crippen LogP contribution in [0.5, 0.6) is 0 Å². The molecule has 0 bridgehead atoms. The van der Waals surface area contributed by atoms with Crippen molar-refractivity contribution >= 4 is 0 Å². The zero-order valence-corrected chi connectivity index (χ0v) is 7.28. The summed E-state index contributed by atoms with van der Waals surface area (Å²) in [6.07, 6.45) is -0.548. The van der Waals surface area contributed by atoms with Crippen LogP contribution in [0.2, 0.25) is 0 Å². The largest absolute Gasteiger partial charge is 0.390 e. The number of ether oxygens (including phenoxy) is 2. The molecule has 0 aromatic carbocycles. The molecule has 66 valence electrons. The van der Waals surface area contributed by atoms with Crippen molar-refractivity contribution in [2.45, 2.75) is 32.2 Å². The van der Waals surface area contributed by atoms with Crippen molar-refractivity contribution in [3.05, 3.63) is 0 Å². The highest BCUT2D eigenvalue weighted by atomic mass is 16.5. The molecular formula is C8H16O3. The van der Waals surface area contributed by atoms with Gasteiger partial charge in [-0.2, -0.15) is 0 Å². The highest BCUT2D eigenvalue weighted by Crippen LogP contribution is 2.21. The lowest BCUT2D eigenvalue weighted by Gasteiger charge is -2.36. The molecule has 1 N–H and O–H groups in total. The van der Waals surface area contributed by atoms with E-state index in [0.29, 0.717) is 6.61 Å². The summed E-state index contributed by atoms with van der Waals surface area (Å²) >= 11 is 0. The number of methoxy groups -OCH3 is 1. The Labute approximate surface area is 67.3 Å². The molecule has 11 heavy (non-hydrogen) atoms. The van der Waals surface area contributed by atoms with E-state index in [1.165, 1.54) is 0 Å². The minimum Gasteiger partial charge on any atom is -0.390 e. The second-order valence-electron chi connectivity index (χ2n) is 3.21. The summed E-state index contributed by atoms with van der Waals surface area (Å²) in [6.45, 7) is 4.51. The second kappa shape index (κ2) is 3.52. The fraction of sp³-hybridized carbons (Fsp3) is 1.00. The Kier molecular flexibility index (Phi) is 2.87. The summed E-state index contributed by atoms with van der Waals surface area (Å²) < 4.78 is 10.5. The first-order chi connectivity index (χ1) is 5.16. The summed E-state index contributed by atoms with van der Waals surface area (Å²) in [6, 6.07) is 0. The lowest BCUT2D eigenvalue weighted by atomic mass is 9.94. The SMILES string of the molecule is CO[C@H]1C(C)OCC(C)[C@H]1O. The smallest absolute Gasteiger partial charge is 0.109 e. The Morgan fingerprint density at radius 3 is 2.55 bits per heavy atom. The molecule has 0 spiro atoms. The first kappa shape index (κ1) is 8.97. The van der Waals surface area contributed by atoms with E-state index >= 15 is 0 Å². The molecule has 1 rings (SSSR count). The number of hydrogen-bond acceptors (Lipinski definition) is 3. The summed E-state index contributed by atoms with van der Waals surface area (Å²) in [5.41, 5.74) is 0. The van der Waals surface area contributed by atoms with Crippen LogP contribution < -0.4 is 0 Å². The normalized spacial score (nSPS) is 45.8. The molecule has 1 heterocycles. The topological polar surface area (TPSA) is 38.7 Å². The summed E-state index contributed by atoms with van der Waals surface area (Å²) in [7, 11) is 1.60. The molecule has 0 aromatic heterocycles. The van der Waals surface area contributed by atoms with Gasteiger partial charge in [-0.1, -0.05) is 6.92 Å². The van der Waals surface area contributed by atoms with E-state index in [4.69, 9.17) is 9.47 Å². The van der Waals surface area contributed by atoms with Gasteiger partial charge in [0.1, 0.15) is 6.10 Å². The molecule has 1 saturated heterocycles. The Morgan fingerprint density at radius 2 is 2.09 bits per heavy atom. The zero-order chi connectivity index (χ0) is 8.43. The van der Waals surface area contributed by atoms with E-state index in [-0.39, 0.29) is 24.2 Å². The first-order valence-corrected chi connectivity index (χ1v) is 3.99. The van der Waals surface area contributed by atoms with Gasteiger partial charge >= 0.3 is 0 Å². The third kappa shape index (κ3) is 1.72. The van der Waals surface area contributed by atoms with Crippen LogP contribution in [0, 0.1) is 5.92 Å². The van der Waals surface area contributed by atoms with Gasteiger partial charge in [0.25, 0.3) is 0 Å². The molecule has 3 nitrogen and oxygen atoms in total. The predicted octanol–water partition coefficient (Wildman–Crippen LogP) is 0.417. The van der Waals surface area contributed by atoms with Crippen LogP contribution in [0.1, 0.15) is 13.8 Å². The van der Waals surface area contributed by atoms with Crippen molar-refractivity contribution in [3.8, 4) is 0 Å². The molecule has 2 unspecified atom stereocenters. The van der Waals surface area contributed by atoms with Crippen LogP contribution >= 0.6 is 0 Å². The van der Waals surface area contributed by atoms with E-state index < -0.39 is 0 Å². The number of aliphatic hydroxyl groups excluding tert-OH is 1. The van der Waals surface area contributed by atoms with E-state index in [1.807, 2.05) is 13.8 Å². The van der Waals surface area contributed by atoms with E-state index in [0.717, 1.165) is 0 Å². The van der Waals surface area contributed by atoms with Gasteiger partial charge in [-0.15, -0.1) is 0 Å². The average molecular weight is 160 g/mol. The van der Waals surface area contributed by atoms with E-state index in [2.05, 4.69) is 0 Å². The molecule has 0 radical (unpaired) electrons. The van der Waals surface area contributed by atoms with Gasteiger partial charge in [0.15, 0.2) is 0 Å². The highest BCUT2D eigenvalue weighted by molar-refractivity contribution is 4.83. The monoisotopic (exact) mass is 160 g/mol. The van der Waals surface area contributed by atoms with Gasteiger partial charge in [-0.25, -0.2) is 0 Å². The molecule has 0 aliphatic carbocycles. The molecule has 1 aliphatic rings. The molecule has 1 aliphatic heterocycles. The van der Waals surface area contributed by atoms with Crippen molar-refractivity contribution < 1.29 is 14.6 Å². The van der Waals surface area contributed by atoms with Crippen molar-refractivity contribution in [3.63, 3.8) is 0 Å². The summed E-state index contributed by atoms with van der Waals surface area (Å²) in [4.78, 5) is 0. The van der Waals surface area contributed by atoms with Gasteiger partial charge < -0.3 is 14.6 Å². The minimum atomic E-state index is -0.385. The molecule has 0 amide bonds. The van der Waals surface area contributed by atoms with Crippen LogP contribution in [-0.2, 0) is 9.47 Å². The summed E-state index contributed by atoms with van der Waals surface area (Å²) in [5.74, 6) is 0.177. The molecular weight excluding hydrogens is 144 g/mol. The molecule has 0 saturated carbocycles. The first-order valence-electron chi connectivity index (χ1n) is 3.99. The summed E-state index contributed by atoms with van der Waals surface area (Å²) in [5, 5.41) is 9.60. The zero-order valence-electron chi connectivity index (χ0n) is 7.28. The second-order valence-corrected chi connectivity index (χ2v) is 3.21. The van der Waals surface area contributed by atoms with Gasteiger partial charge in [0, 0.05) is 13.0 Å². The lowest BCUT2D eigenvalue weighted by molar-refractivity contribution is -0.165. The van der Waals surface area contributed by atoms with Gasteiger partial charge in [-0.3, -0.25) is 0 Å². The van der Waals surface area contributed by atoms with Crippen LogP contribution in [-0.4, -0.2) is 37.1 Å². The average Bonchev–Trinajstić information content (AvgIpc) is 1.99. The van der Waals surface area contributed by atoms with E-state index in [1.54, 1.807) is 7.11 Å². The quantitative estimate of drug-likeness (QED) is 0.604. The Hall–Kier alpha value is -0.120. The Morgan fingerprint density at radius 1 is 1.45 bits per heavy atom. The highest BCUT2D eigenvalue weighted by Gasteiger charge is 2.34. The maximum atomic E-state index is 9.60. The Bertz CT molecular complexity index is 127. The third-order valence-corrected chi connectivity index (χ3v) is 2.28. The van der Waals surface area contributed by atoms with Crippen molar-refractivity contribution in [2.24, 2.45) is 5.92 Å². The molecule has 4 atom stereocenters. The fourth-order valence-corrected chi connectivity index (χ4v) is 1.43. The van der Waals surface area contributed by atoms with Crippen LogP contribution in [0.4, 0.5) is 0 Å². The maximum Gasteiger partial charge on any atom is 0.109 e. The van der Waals surface area contributed by atoms with Gasteiger partial charge in [0.05, 0.1) is 18.8 Å². The van der Waals surface area contributed by atoms with Crippen molar-refractivity contribution in [2.75, 3.05) is 13.7 Å². The lowest BCUT2D eigenvalue weighted by Crippen LogP contribution is -2.48. The van der Waals surface area contributed by atoms with Gasteiger partial charge in [-0.05, 0) is 6.92 Å². The molecule has 1 fully saturated rings. The standard InChI is InChI=1S/C8H16O3/c1-5-4-11-6(2)8(10-3)7(5)9/h5-9H,4H2,1-3H3/t5?,6?,7-,8+/m1/s1. The number of rotatable bonds is 1. The maximum absolute atomic E-state index is 9.60. The molecule has 3 heteroatoms. The van der Waals surface area contributed by atoms with Crippen LogP contribution in [0.15, 0.2) is 0 Å². The predicted molar refractivity (Wildman–Crippen MR) is 41.4 cm³/mol. The third-order valence-electron chi connectivity index (χ3n) is 2.28. The van der Waals surface area contributed by atoms with E-state index in [9.17, 15) is 5.11 Å². The van der Waals surface area contributed by atoms with Crippen molar-refractivity contribution in [1.82, 2.24) is 0 Å². The minimum absolute atomic E-state index is 0.00574. The Balaban J connectivity index is 2.55. The fourth-order valence-electron chi connectivity index (χ4n) is 1.43. The number of hydrogen-bond donors (Lipinski definition) is 1. The molecule has 0 aromatic rings. The van der Waals surface area contributed by atoms with Crippen LogP contribution in [0.3, 0.4) is 0 Å². The van der Waals surface area contributed by atoms with Crippen LogP contribution in [0.25, 0.3) is 0 Å².